The van der Waals surface area contributed by atoms with E-state index in [-0.39, 0.29) is 23.7 Å². The summed E-state index contributed by atoms with van der Waals surface area (Å²) in [7, 11) is 0. The molecule has 6 fully saturated rings. The fourth-order valence-corrected chi connectivity index (χ4v) is 13.7. The SMILES string of the molecule is C/C=C/C(=O)OC[C@H]1O[C@@H](O[C@H]2[C@H](O[C@H]3C[C@]4(C)[C@H](C[C@@H](O)[C@@H]5[C@@H]([C@@](C)(O)CCC=C(C)C)CC[C@]54C)[C@@]4(C)CC[C@H](O)C(C)(C)[C@H]34)O[C@H](CO)[C@@H](O)[C@@H]2O)[C@H](O)[C@@H](O)[C@@H]1O. The van der Waals surface area contributed by atoms with Gasteiger partial charge in [0.25, 0.3) is 0 Å². The first-order valence-electron chi connectivity index (χ1n) is 22.5. The number of carbonyl (C=O) groups excluding carboxylic acids is 1. The Morgan fingerprint density at radius 3 is 2.13 bits per heavy atom. The van der Waals surface area contributed by atoms with Crippen molar-refractivity contribution in [2.75, 3.05) is 13.2 Å². The molecule has 0 aromatic heterocycles. The summed E-state index contributed by atoms with van der Waals surface area (Å²) in [6.07, 6.45) is -8.58. The lowest BCUT2D eigenvalue weighted by atomic mass is 9.34. The van der Waals surface area contributed by atoms with Crippen LogP contribution in [0.15, 0.2) is 23.8 Å². The molecule has 0 aromatic carbocycles. The Morgan fingerprint density at radius 1 is 0.836 bits per heavy atom. The van der Waals surface area contributed by atoms with Crippen LogP contribution in [0.4, 0.5) is 0 Å². The van der Waals surface area contributed by atoms with Crippen molar-refractivity contribution in [2.24, 2.45) is 45.3 Å². The molecule has 0 amide bonds. The average Bonchev–Trinajstić information content (AvgIpc) is 3.57. The number of aliphatic hydroxyl groups is 9. The monoisotopic (exact) mass is 869 g/mol. The number of hydrogen-bond donors (Lipinski definition) is 9. The highest BCUT2D eigenvalue weighted by molar-refractivity contribution is 5.81. The van der Waals surface area contributed by atoms with Gasteiger partial charge in [0.2, 0.25) is 0 Å². The predicted molar refractivity (Wildman–Crippen MR) is 221 cm³/mol. The second kappa shape index (κ2) is 18.0. The molecule has 2 aliphatic heterocycles. The molecular weight excluding hydrogens is 792 g/mol. The van der Waals surface area contributed by atoms with E-state index in [9.17, 15) is 50.8 Å². The zero-order chi connectivity index (χ0) is 45.2. The maximum absolute atomic E-state index is 12.3. The minimum Gasteiger partial charge on any atom is -0.460 e. The minimum absolute atomic E-state index is 0.00303. The van der Waals surface area contributed by atoms with Crippen LogP contribution >= 0.6 is 0 Å². The summed E-state index contributed by atoms with van der Waals surface area (Å²) < 4.78 is 30.5. The van der Waals surface area contributed by atoms with Crippen LogP contribution in [0.5, 0.6) is 0 Å². The van der Waals surface area contributed by atoms with E-state index in [2.05, 4.69) is 26.8 Å². The van der Waals surface area contributed by atoms with E-state index in [4.69, 9.17) is 23.7 Å². The van der Waals surface area contributed by atoms with Crippen LogP contribution in [0.25, 0.3) is 0 Å². The molecule has 2 saturated heterocycles. The van der Waals surface area contributed by atoms with Gasteiger partial charge in [-0.25, -0.2) is 4.79 Å². The molecule has 21 atom stereocenters. The number of esters is 1. The first kappa shape index (κ1) is 48.9. The maximum atomic E-state index is 12.3. The quantitative estimate of drug-likeness (QED) is 0.0591. The zero-order valence-electron chi connectivity index (χ0n) is 37.6. The number of ether oxygens (including phenoxy) is 5. The van der Waals surface area contributed by atoms with Gasteiger partial charge in [-0.1, -0.05) is 52.3 Å². The smallest absolute Gasteiger partial charge is 0.330 e. The van der Waals surface area contributed by atoms with Crippen LogP contribution in [0.3, 0.4) is 0 Å². The van der Waals surface area contributed by atoms with Gasteiger partial charge in [-0.3, -0.25) is 0 Å². The standard InChI is InChI=1S/C46H76O15/c1-10-12-31(50)57-22-28-34(52)35(53)37(55)40(60-28)61-38-36(54)33(51)27(21-47)59-41(38)58-26-20-45(8)29(43(6)17-15-30(49)42(4,5)39(26)43)19-25(48)32-24(14-18-44(32,45)7)46(9,56)16-11-13-23(2)3/h10,12-13,24-30,32-41,47-49,51-56H,11,14-22H2,1-9H3/b12-10+/t24-,25+,26-,27+,28+,29+,30-,32-,33+,34+,35-,36-,37+,38+,39-,40-,41+,43+,44+,45+,46-/m0/s1. The van der Waals surface area contributed by atoms with Gasteiger partial charge in [-0.05, 0) is 124 Å². The van der Waals surface area contributed by atoms with Crippen molar-refractivity contribution in [3.8, 4) is 0 Å². The molecule has 9 N–H and O–H groups in total. The third kappa shape index (κ3) is 8.56. The minimum atomic E-state index is -1.86. The van der Waals surface area contributed by atoms with Crippen molar-refractivity contribution in [3.05, 3.63) is 23.8 Å². The first-order valence-corrected chi connectivity index (χ1v) is 22.5. The first-order chi connectivity index (χ1) is 28.4. The molecular formula is C46H76O15. The normalized spacial score (nSPS) is 49.3. The molecule has 15 nitrogen and oxygen atoms in total. The molecule has 61 heavy (non-hydrogen) atoms. The van der Waals surface area contributed by atoms with Crippen molar-refractivity contribution in [2.45, 2.75) is 199 Å². The third-order valence-electron chi connectivity index (χ3n) is 17.0. The van der Waals surface area contributed by atoms with E-state index in [0.717, 1.165) is 25.3 Å². The highest BCUT2D eigenvalue weighted by Gasteiger charge is 2.73. The molecule has 350 valence electrons. The van der Waals surface area contributed by atoms with Crippen molar-refractivity contribution in [3.63, 3.8) is 0 Å². The van der Waals surface area contributed by atoms with Crippen LogP contribution in [0, 0.1) is 45.3 Å². The summed E-state index contributed by atoms with van der Waals surface area (Å²) in [5.74, 6) is -1.43. The molecule has 4 saturated carbocycles. The number of allylic oxidation sites excluding steroid dienone is 3. The summed E-state index contributed by atoms with van der Waals surface area (Å²) in [6.45, 7) is 17.2. The molecule has 0 aromatic rings. The number of hydrogen-bond acceptors (Lipinski definition) is 15. The van der Waals surface area contributed by atoms with Gasteiger partial charge >= 0.3 is 5.97 Å². The van der Waals surface area contributed by atoms with Crippen LogP contribution < -0.4 is 0 Å². The molecule has 0 radical (unpaired) electrons. The number of aliphatic hydroxyl groups excluding tert-OH is 8. The van der Waals surface area contributed by atoms with Gasteiger partial charge in [0.15, 0.2) is 12.6 Å². The molecule has 0 spiro atoms. The second-order valence-corrected chi connectivity index (χ2v) is 21.2. The second-order valence-electron chi connectivity index (χ2n) is 21.2. The molecule has 0 bridgehead atoms. The summed E-state index contributed by atoms with van der Waals surface area (Å²) in [5, 5.41) is 102. The molecule has 0 unspecified atom stereocenters. The van der Waals surface area contributed by atoms with Gasteiger partial charge in [0.05, 0.1) is 30.5 Å². The lowest BCUT2D eigenvalue weighted by Crippen LogP contribution is -2.71. The zero-order valence-corrected chi connectivity index (χ0v) is 37.6. The average molecular weight is 869 g/mol. The molecule has 6 aliphatic rings. The van der Waals surface area contributed by atoms with Crippen LogP contribution in [-0.2, 0) is 28.5 Å². The third-order valence-corrected chi connectivity index (χ3v) is 17.0. The lowest BCUT2D eigenvalue weighted by Gasteiger charge is -2.72. The van der Waals surface area contributed by atoms with E-state index in [1.165, 1.54) is 11.6 Å². The summed E-state index contributed by atoms with van der Waals surface area (Å²) >= 11 is 0. The fraction of sp³-hybridized carbons (Fsp3) is 0.891. The fourth-order valence-electron chi connectivity index (χ4n) is 13.7. The topological polar surface area (TPSA) is 245 Å². The maximum Gasteiger partial charge on any atom is 0.330 e. The van der Waals surface area contributed by atoms with Gasteiger partial charge in [0.1, 0.15) is 55.4 Å². The van der Waals surface area contributed by atoms with Crippen molar-refractivity contribution in [1.29, 1.82) is 0 Å². The predicted octanol–water partition coefficient (Wildman–Crippen LogP) is 2.25. The van der Waals surface area contributed by atoms with Gasteiger partial charge in [-0.15, -0.1) is 0 Å². The summed E-state index contributed by atoms with van der Waals surface area (Å²) in [4.78, 5) is 12.1. The van der Waals surface area contributed by atoms with E-state index in [1.54, 1.807) is 6.92 Å². The van der Waals surface area contributed by atoms with Gasteiger partial charge in [0, 0.05) is 6.08 Å². The number of carbonyl (C=O) groups is 1. The molecule has 4 aliphatic carbocycles. The highest BCUT2D eigenvalue weighted by atomic mass is 16.8. The van der Waals surface area contributed by atoms with E-state index in [0.29, 0.717) is 32.1 Å². The summed E-state index contributed by atoms with van der Waals surface area (Å²) in [5.41, 5.74) is -1.97. The Kier molecular flexibility index (Phi) is 14.4. The van der Waals surface area contributed by atoms with Crippen molar-refractivity contribution in [1.82, 2.24) is 0 Å². The summed E-state index contributed by atoms with van der Waals surface area (Å²) in [6, 6.07) is 0. The lowest BCUT2D eigenvalue weighted by molar-refractivity contribution is -0.383. The molecule has 15 heteroatoms. The van der Waals surface area contributed by atoms with E-state index < -0.39 is 126 Å². The van der Waals surface area contributed by atoms with Crippen molar-refractivity contribution >= 4 is 5.97 Å². The Labute approximate surface area is 361 Å². The van der Waals surface area contributed by atoms with Crippen molar-refractivity contribution < 1.29 is 74.4 Å². The Hall–Kier alpha value is -1.57. The Balaban J connectivity index is 1.36. The van der Waals surface area contributed by atoms with Crippen LogP contribution in [-0.4, -0.2) is 150 Å². The molecule has 2 heterocycles. The van der Waals surface area contributed by atoms with E-state index in [1.807, 2.05) is 34.6 Å². The van der Waals surface area contributed by atoms with Crippen LogP contribution in [0.1, 0.15) is 114 Å². The highest BCUT2D eigenvalue weighted by Crippen LogP contribution is 2.76. The number of rotatable bonds is 12. The van der Waals surface area contributed by atoms with Gasteiger partial charge in [-0.2, -0.15) is 0 Å². The van der Waals surface area contributed by atoms with E-state index >= 15 is 0 Å². The number of fused-ring (bicyclic) bond motifs is 5. The Morgan fingerprint density at radius 2 is 1.49 bits per heavy atom. The van der Waals surface area contributed by atoms with Gasteiger partial charge < -0.3 is 69.6 Å². The van der Waals surface area contributed by atoms with Crippen LogP contribution in [0.2, 0.25) is 0 Å². The molecule has 6 rings (SSSR count). The Bertz CT molecular complexity index is 1600. The largest absolute Gasteiger partial charge is 0.460 e.